The average Bonchev–Trinajstić information content (AvgIpc) is 3.34. The monoisotopic (exact) mass is 449 g/mol. The molecule has 1 saturated heterocycles. The number of thiazole rings is 1. The number of benzene rings is 2. The van der Waals surface area contributed by atoms with Gasteiger partial charge in [-0.2, -0.15) is 0 Å². The number of halogens is 2. The Labute approximate surface area is 188 Å². The molecule has 1 fully saturated rings. The van der Waals surface area contributed by atoms with E-state index in [0.29, 0.717) is 37.0 Å². The lowest BCUT2D eigenvalue weighted by Gasteiger charge is -2.17. The summed E-state index contributed by atoms with van der Waals surface area (Å²) in [5.74, 6) is 0.658. The quantitative estimate of drug-likeness (QED) is 0.623. The molecule has 2 N–H and O–H groups in total. The van der Waals surface area contributed by atoms with Gasteiger partial charge in [-0.1, -0.05) is 42.5 Å². The third kappa shape index (κ3) is 4.98. The average molecular weight is 450 g/mol. The summed E-state index contributed by atoms with van der Waals surface area (Å²) in [7, 11) is 0. The number of hydrogen-bond acceptors (Lipinski definition) is 4. The van der Waals surface area contributed by atoms with Crippen LogP contribution in [-0.2, 0) is 0 Å². The van der Waals surface area contributed by atoms with Crippen LogP contribution in [0.4, 0.5) is 0 Å². The van der Waals surface area contributed by atoms with E-state index in [4.69, 9.17) is 5.73 Å². The molecule has 2 heterocycles. The van der Waals surface area contributed by atoms with Crippen molar-refractivity contribution < 1.29 is 4.79 Å². The first kappa shape index (κ1) is 23.4. The maximum absolute atomic E-state index is 13.1. The normalized spacial score (nSPS) is 18.1. The van der Waals surface area contributed by atoms with Crippen LogP contribution in [0.25, 0.3) is 11.3 Å². The summed E-state index contributed by atoms with van der Waals surface area (Å²) in [5.41, 5.74) is 9.90. The second kappa shape index (κ2) is 10.2. The molecule has 4 rings (SSSR count). The van der Waals surface area contributed by atoms with Crippen molar-refractivity contribution in [3.05, 3.63) is 76.1 Å². The van der Waals surface area contributed by atoms with E-state index < -0.39 is 0 Å². The fourth-order valence-electron chi connectivity index (χ4n) is 3.84. The van der Waals surface area contributed by atoms with Gasteiger partial charge >= 0.3 is 0 Å². The van der Waals surface area contributed by atoms with Crippen LogP contribution in [0.15, 0.2) is 60.0 Å². The van der Waals surface area contributed by atoms with Gasteiger partial charge in [0.2, 0.25) is 0 Å². The molecule has 2 aromatic carbocycles. The van der Waals surface area contributed by atoms with E-state index in [-0.39, 0.29) is 30.7 Å². The second-order valence-electron chi connectivity index (χ2n) is 7.06. The van der Waals surface area contributed by atoms with Crippen LogP contribution in [0.3, 0.4) is 0 Å². The van der Waals surface area contributed by atoms with Crippen molar-refractivity contribution in [2.24, 2.45) is 11.7 Å². The first-order chi connectivity index (χ1) is 13.2. The number of carbonyl (C=O) groups excluding carboxylic acids is 1. The number of aryl methyl sites for hydroxylation is 1. The number of likely N-dealkylation sites (tertiary alicyclic amines) is 1. The molecule has 1 aromatic heterocycles. The molecule has 0 saturated carbocycles. The van der Waals surface area contributed by atoms with Crippen LogP contribution in [0.2, 0.25) is 0 Å². The number of nitrogens with two attached hydrogens (primary N) is 1. The Hall–Kier alpha value is -1.92. The maximum Gasteiger partial charge on any atom is 0.253 e. The van der Waals surface area contributed by atoms with Gasteiger partial charge in [-0.25, -0.2) is 4.98 Å². The van der Waals surface area contributed by atoms with Crippen LogP contribution in [0.5, 0.6) is 0 Å². The molecule has 1 aliphatic rings. The lowest BCUT2D eigenvalue weighted by molar-refractivity contribution is 0.0786. The van der Waals surface area contributed by atoms with Crippen LogP contribution in [-0.4, -0.2) is 35.4 Å². The Morgan fingerprint density at radius 2 is 1.90 bits per heavy atom. The minimum absolute atomic E-state index is 0. The van der Waals surface area contributed by atoms with Gasteiger partial charge in [0.05, 0.1) is 10.7 Å². The Morgan fingerprint density at radius 1 is 1.14 bits per heavy atom. The molecule has 0 spiro atoms. The maximum atomic E-state index is 13.1. The summed E-state index contributed by atoms with van der Waals surface area (Å²) < 4.78 is 0. The van der Waals surface area contributed by atoms with Crippen molar-refractivity contribution in [2.75, 3.05) is 19.6 Å². The third-order valence-corrected chi connectivity index (χ3v) is 6.06. The molecule has 29 heavy (non-hydrogen) atoms. The topological polar surface area (TPSA) is 59.2 Å². The molecule has 1 amide bonds. The Morgan fingerprint density at radius 3 is 2.55 bits per heavy atom. The van der Waals surface area contributed by atoms with E-state index in [9.17, 15) is 4.79 Å². The summed E-state index contributed by atoms with van der Waals surface area (Å²) in [6.07, 6.45) is 0. The van der Waals surface area contributed by atoms with Crippen LogP contribution in [0, 0.1) is 12.8 Å². The van der Waals surface area contributed by atoms with E-state index in [1.54, 1.807) is 11.3 Å². The van der Waals surface area contributed by atoms with E-state index in [1.807, 2.05) is 59.7 Å². The number of rotatable bonds is 4. The van der Waals surface area contributed by atoms with Crippen molar-refractivity contribution in [1.29, 1.82) is 0 Å². The van der Waals surface area contributed by atoms with E-state index >= 15 is 0 Å². The highest BCUT2D eigenvalue weighted by molar-refractivity contribution is 7.09. The smallest absolute Gasteiger partial charge is 0.253 e. The Kier molecular flexibility index (Phi) is 8.23. The van der Waals surface area contributed by atoms with Crippen molar-refractivity contribution in [3.8, 4) is 11.3 Å². The van der Waals surface area contributed by atoms with Gasteiger partial charge < -0.3 is 10.6 Å². The zero-order valence-electron chi connectivity index (χ0n) is 16.2. The summed E-state index contributed by atoms with van der Waals surface area (Å²) in [6, 6.07) is 18.2. The number of amides is 1. The molecule has 0 radical (unpaired) electrons. The van der Waals surface area contributed by atoms with Gasteiger partial charge in [0.1, 0.15) is 0 Å². The third-order valence-electron chi connectivity index (χ3n) is 5.28. The highest BCUT2D eigenvalue weighted by Crippen LogP contribution is 2.33. The van der Waals surface area contributed by atoms with Crippen molar-refractivity contribution >= 4 is 42.1 Å². The fraction of sp³-hybridized carbons (Fsp3) is 0.273. The van der Waals surface area contributed by atoms with Crippen molar-refractivity contribution in [2.45, 2.75) is 12.8 Å². The summed E-state index contributed by atoms with van der Waals surface area (Å²) in [5, 5.41) is 3.06. The Balaban J connectivity index is 0.00000150. The van der Waals surface area contributed by atoms with Gasteiger partial charge in [-0.05, 0) is 37.1 Å². The van der Waals surface area contributed by atoms with Gasteiger partial charge in [-0.15, -0.1) is 36.2 Å². The predicted octanol–water partition coefficient (Wildman–Crippen LogP) is 4.78. The molecular weight excluding hydrogens is 425 g/mol. The fourth-order valence-corrected chi connectivity index (χ4v) is 4.47. The minimum atomic E-state index is 0. The zero-order chi connectivity index (χ0) is 18.8. The zero-order valence-corrected chi connectivity index (χ0v) is 18.6. The van der Waals surface area contributed by atoms with Crippen LogP contribution >= 0.6 is 36.2 Å². The molecule has 2 atom stereocenters. The summed E-state index contributed by atoms with van der Waals surface area (Å²) in [6.45, 7) is 3.99. The van der Waals surface area contributed by atoms with E-state index in [1.165, 1.54) is 5.56 Å². The largest absolute Gasteiger partial charge is 0.338 e. The standard InChI is InChI=1S/C22H23N3OS.2ClH/c1-15-24-21(14-27-15)17-8-5-9-18(10-17)22(26)25-12-19(11-23)20(13-25)16-6-3-2-4-7-16;;/h2-10,14,19-20H,11-13,23H2,1H3;2*1H/t19-,20+;;/m1../s1. The summed E-state index contributed by atoms with van der Waals surface area (Å²) >= 11 is 1.62. The van der Waals surface area contributed by atoms with Gasteiger partial charge in [0.15, 0.2) is 0 Å². The van der Waals surface area contributed by atoms with Crippen molar-refractivity contribution in [3.63, 3.8) is 0 Å². The highest BCUT2D eigenvalue weighted by Gasteiger charge is 2.35. The Bertz CT molecular complexity index is 948. The lowest BCUT2D eigenvalue weighted by Crippen LogP contribution is -2.29. The molecule has 4 nitrogen and oxygen atoms in total. The first-order valence-electron chi connectivity index (χ1n) is 9.22. The molecular formula is C22H25Cl2N3OS. The van der Waals surface area contributed by atoms with Crippen LogP contribution < -0.4 is 5.73 Å². The van der Waals surface area contributed by atoms with Crippen LogP contribution in [0.1, 0.15) is 26.8 Å². The highest BCUT2D eigenvalue weighted by atomic mass is 35.5. The molecule has 0 aliphatic carbocycles. The number of aromatic nitrogens is 1. The van der Waals surface area contributed by atoms with E-state index in [2.05, 4.69) is 17.1 Å². The number of nitrogens with zero attached hydrogens (tertiary/aromatic N) is 2. The van der Waals surface area contributed by atoms with Gasteiger partial charge in [0, 0.05) is 35.5 Å². The van der Waals surface area contributed by atoms with E-state index in [0.717, 1.165) is 16.3 Å². The number of hydrogen-bond donors (Lipinski definition) is 1. The minimum Gasteiger partial charge on any atom is -0.338 e. The second-order valence-corrected chi connectivity index (χ2v) is 8.12. The van der Waals surface area contributed by atoms with Gasteiger partial charge in [-0.3, -0.25) is 4.79 Å². The lowest BCUT2D eigenvalue weighted by atomic mass is 9.89. The summed E-state index contributed by atoms with van der Waals surface area (Å²) in [4.78, 5) is 19.6. The molecule has 154 valence electrons. The molecule has 0 unspecified atom stereocenters. The molecule has 0 bridgehead atoms. The predicted molar refractivity (Wildman–Crippen MR) is 124 cm³/mol. The number of carbonyl (C=O) groups is 1. The first-order valence-corrected chi connectivity index (χ1v) is 10.1. The molecule has 7 heteroatoms. The molecule has 3 aromatic rings. The van der Waals surface area contributed by atoms with Crippen molar-refractivity contribution in [1.82, 2.24) is 9.88 Å². The van der Waals surface area contributed by atoms with Gasteiger partial charge in [0.25, 0.3) is 5.91 Å². The molecule has 1 aliphatic heterocycles. The SMILES string of the molecule is Cc1nc(-c2cccc(C(=O)N3C[C@@H](CN)[C@H](c4ccccc4)C3)c2)cs1.Cl.Cl.